The van der Waals surface area contributed by atoms with E-state index in [-0.39, 0.29) is 5.41 Å². The smallest absolute Gasteiger partial charge is 0.136 e. The van der Waals surface area contributed by atoms with Crippen molar-refractivity contribution in [3.05, 3.63) is 258 Å². The van der Waals surface area contributed by atoms with Crippen LogP contribution in [-0.4, -0.2) is 0 Å². The van der Waals surface area contributed by atoms with Gasteiger partial charge in [-0.25, -0.2) is 0 Å². The molecule has 14 rings (SSSR count). The number of benzene rings is 10. The minimum atomic E-state index is -0.539. The van der Waals surface area contributed by atoms with Crippen molar-refractivity contribution >= 4 is 60.9 Å². The van der Waals surface area contributed by atoms with E-state index in [2.05, 4.69) is 237 Å². The van der Waals surface area contributed by atoms with Gasteiger partial charge in [-0.05, 0) is 133 Å². The molecule has 0 amide bonds. The first-order valence-corrected chi connectivity index (χ1v) is 23.2. The average Bonchev–Trinajstić information content (AvgIpc) is 4.08. The highest BCUT2D eigenvalue weighted by Gasteiger charge is 2.46. The number of anilines is 3. The van der Waals surface area contributed by atoms with Gasteiger partial charge in [-0.3, -0.25) is 0 Å². The molecule has 0 atom stereocenters. The highest BCUT2D eigenvalue weighted by molar-refractivity contribution is 6.15. The second kappa shape index (κ2) is 14.1. The summed E-state index contributed by atoms with van der Waals surface area (Å²) in [6.07, 6.45) is 0. The van der Waals surface area contributed by atoms with Gasteiger partial charge in [0, 0.05) is 44.0 Å². The van der Waals surface area contributed by atoms with Gasteiger partial charge < -0.3 is 13.7 Å². The summed E-state index contributed by atoms with van der Waals surface area (Å²) in [4.78, 5) is 2.45. The summed E-state index contributed by atoms with van der Waals surface area (Å²) in [5.41, 5.74) is 21.0. The fraction of sp³-hybridized carbons (Fsp3) is 0.0625. The molecule has 0 saturated heterocycles. The summed E-state index contributed by atoms with van der Waals surface area (Å²) < 4.78 is 13.4. The lowest BCUT2D eigenvalue weighted by Gasteiger charge is -2.35. The van der Waals surface area contributed by atoms with E-state index < -0.39 is 5.41 Å². The van der Waals surface area contributed by atoms with Gasteiger partial charge in [-0.2, -0.15) is 0 Å². The average molecular weight is 858 g/mol. The molecule has 0 N–H and O–H groups in total. The molecule has 0 aliphatic heterocycles. The van der Waals surface area contributed by atoms with Crippen molar-refractivity contribution in [3.63, 3.8) is 0 Å². The van der Waals surface area contributed by atoms with E-state index >= 15 is 0 Å². The molecular formula is C64H43NO2. The minimum absolute atomic E-state index is 0.173. The molecule has 2 aliphatic rings. The maximum atomic E-state index is 6.70. The summed E-state index contributed by atoms with van der Waals surface area (Å²) in [7, 11) is 0. The summed E-state index contributed by atoms with van der Waals surface area (Å²) in [6.45, 7) is 4.72. The predicted octanol–water partition coefficient (Wildman–Crippen LogP) is 17.3. The maximum absolute atomic E-state index is 6.70. The van der Waals surface area contributed by atoms with Crippen LogP contribution in [0.4, 0.5) is 17.1 Å². The lowest BCUT2D eigenvalue weighted by Crippen LogP contribution is -2.28. The largest absolute Gasteiger partial charge is 0.456 e. The summed E-state index contributed by atoms with van der Waals surface area (Å²) >= 11 is 0. The van der Waals surface area contributed by atoms with Gasteiger partial charge in [0.2, 0.25) is 0 Å². The fourth-order valence-corrected chi connectivity index (χ4v) is 11.8. The Kier molecular flexibility index (Phi) is 7.95. The molecule has 67 heavy (non-hydrogen) atoms. The highest BCUT2D eigenvalue weighted by atomic mass is 16.3. The van der Waals surface area contributed by atoms with Gasteiger partial charge in [-0.1, -0.05) is 172 Å². The molecule has 0 spiro atoms. The molecule has 0 bridgehead atoms. The van der Waals surface area contributed by atoms with Gasteiger partial charge in [-0.15, -0.1) is 0 Å². The van der Waals surface area contributed by atoms with E-state index in [1.807, 2.05) is 6.07 Å². The van der Waals surface area contributed by atoms with Crippen LogP contribution in [-0.2, 0) is 10.8 Å². The van der Waals surface area contributed by atoms with Crippen molar-refractivity contribution in [3.8, 4) is 33.4 Å². The van der Waals surface area contributed by atoms with Crippen LogP contribution in [0.3, 0.4) is 0 Å². The van der Waals surface area contributed by atoms with E-state index in [1.165, 1.54) is 55.6 Å². The Hall–Kier alpha value is -8.40. The van der Waals surface area contributed by atoms with Gasteiger partial charge >= 0.3 is 0 Å². The van der Waals surface area contributed by atoms with Crippen molar-refractivity contribution in [1.29, 1.82) is 0 Å². The molecule has 3 nitrogen and oxygen atoms in total. The molecule has 316 valence electrons. The van der Waals surface area contributed by atoms with Crippen LogP contribution < -0.4 is 4.90 Å². The monoisotopic (exact) mass is 857 g/mol. The first-order chi connectivity index (χ1) is 32.9. The molecule has 0 fully saturated rings. The topological polar surface area (TPSA) is 29.5 Å². The zero-order valence-corrected chi connectivity index (χ0v) is 37.1. The Labute approximate surface area is 388 Å². The number of hydrogen-bond acceptors (Lipinski definition) is 3. The van der Waals surface area contributed by atoms with Crippen LogP contribution in [0.5, 0.6) is 0 Å². The van der Waals surface area contributed by atoms with Crippen LogP contribution in [0, 0.1) is 0 Å². The summed E-state index contributed by atoms with van der Waals surface area (Å²) in [5.74, 6) is 0. The highest BCUT2D eigenvalue weighted by Crippen LogP contribution is 2.58. The second-order valence-electron chi connectivity index (χ2n) is 18.8. The summed E-state index contributed by atoms with van der Waals surface area (Å²) in [6, 6.07) is 82.1. The SMILES string of the molecule is CC1(C)c2ccccc2-c2ccc(N(c3ccc4c(c3)C(c3ccccc3)(c3ccccc3)c3ccccc3-4)c3ccc4oc5cc6c(cc5c4c3)oc3cc(-c4ccccc4)ccc36)cc21. The van der Waals surface area contributed by atoms with E-state index in [0.29, 0.717) is 0 Å². The third-order valence-electron chi connectivity index (χ3n) is 14.9. The first kappa shape index (κ1) is 37.9. The zero-order valence-electron chi connectivity index (χ0n) is 37.1. The van der Waals surface area contributed by atoms with Crippen LogP contribution in [0.25, 0.3) is 77.3 Å². The van der Waals surface area contributed by atoms with E-state index in [4.69, 9.17) is 8.83 Å². The number of rotatable bonds is 6. The lowest BCUT2D eigenvalue weighted by molar-refractivity contribution is 0.660. The van der Waals surface area contributed by atoms with E-state index in [9.17, 15) is 0 Å². The van der Waals surface area contributed by atoms with Crippen molar-refractivity contribution < 1.29 is 8.83 Å². The maximum Gasteiger partial charge on any atom is 0.136 e. The molecule has 3 heteroatoms. The van der Waals surface area contributed by atoms with Crippen LogP contribution >= 0.6 is 0 Å². The normalized spacial score (nSPS) is 14.1. The molecule has 10 aromatic carbocycles. The Morgan fingerprint density at radius 1 is 0.313 bits per heavy atom. The molecule has 0 saturated carbocycles. The fourth-order valence-electron chi connectivity index (χ4n) is 11.8. The van der Waals surface area contributed by atoms with Crippen molar-refractivity contribution in [2.24, 2.45) is 0 Å². The predicted molar refractivity (Wildman–Crippen MR) is 276 cm³/mol. The van der Waals surface area contributed by atoms with Crippen molar-refractivity contribution in [1.82, 2.24) is 0 Å². The minimum Gasteiger partial charge on any atom is -0.456 e. The van der Waals surface area contributed by atoms with E-state index in [1.54, 1.807) is 0 Å². The Balaban J connectivity index is 0.993. The molecule has 2 aliphatic carbocycles. The quantitative estimate of drug-likeness (QED) is 0.167. The lowest BCUT2D eigenvalue weighted by atomic mass is 9.67. The van der Waals surface area contributed by atoms with Gasteiger partial charge in [0.25, 0.3) is 0 Å². The summed E-state index contributed by atoms with van der Waals surface area (Å²) in [5, 5.41) is 4.18. The van der Waals surface area contributed by atoms with Gasteiger partial charge in [0.05, 0.1) is 5.41 Å². The first-order valence-electron chi connectivity index (χ1n) is 23.2. The molecule has 2 heterocycles. The molecule has 0 radical (unpaired) electrons. The number of hydrogen-bond donors (Lipinski definition) is 0. The Bertz CT molecular complexity index is 3910. The van der Waals surface area contributed by atoms with Crippen molar-refractivity contribution in [2.45, 2.75) is 24.7 Å². The van der Waals surface area contributed by atoms with Gasteiger partial charge in [0.1, 0.15) is 22.3 Å². The van der Waals surface area contributed by atoms with Gasteiger partial charge in [0.15, 0.2) is 0 Å². The number of nitrogens with zero attached hydrogens (tertiary/aromatic N) is 1. The third kappa shape index (κ3) is 5.40. The zero-order chi connectivity index (χ0) is 44.4. The van der Waals surface area contributed by atoms with E-state index in [0.717, 1.165) is 72.1 Å². The Morgan fingerprint density at radius 2 is 0.791 bits per heavy atom. The van der Waals surface area contributed by atoms with Crippen molar-refractivity contribution in [2.75, 3.05) is 4.90 Å². The standard InChI is InChI=1S/C64H43NO2/c1-63(2)55-24-14-12-22-47(55)49-31-27-45(36-57(49)63)65(46-28-32-50-48-23-13-15-25-56(48)64(58(50)37-46,42-18-8-4-9-19-42)43-20-10-5-11-21-43)44-29-33-59-52(35-44)54-39-61-53(38-62(54)66-59)51-30-26-41(34-60(51)67-61)40-16-6-3-7-17-40/h3-39H,1-2H3. The Morgan fingerprint density at radius 3 is 1.48 bits per heavy atom. The van der Waals surface area contributed by atoms with Crippen LogP contribution in [0.15, 0.2) is 233 Å². The number of fused-ring (bicyclic) bond motifs is 12. The van der Waals surface area contributed by atoms with Crippen LogP contribution in [0.1, 0.15) is 47.2 Å². The molecular weight excluding hydrogens is 815 g/mol. The molecule has 2 aromatic heterocycles. The molecule has 12 aromatic rings. The third-order valence-corrected chi connectivity index (χ3v) is 14.9. The second-order valence-corrected chi connectivity index (χ2v) is 18.8. The number of furan rings is 2. The van der Waals surface area contributed by atoms with Crippen LogP contribution in [0.2, 0.25) is 0 Å². The molecule has 0 unspecified atom stereocenters.